The minimum absolute atomic E-state index is 0. The second-order valence-corrected chi connectivity index (χ2v) is 6.74. The van der Waals surface area contributed by atoms with E-state index in [4.69, 9.17) is 10.5 Å². The van der Waals surface area contributed by atoms with Crippen LogP contribution in [0.1, 0.15) is 34.3 Å². The van der Waals surface area contributed by atoms with Gasteiger partial charge in [-0.15, -0.1) is 24.0 Å². The molecule has 28 heavy (non-hydrogen) atoms. The Labute approximate surface area is 183 Å². The number of amides is 1. The molecule has 150 valence electrons. The lowest BCUT2D eigenvalue weighted by molar-refractivity contribution is 0.0857. The Bertz CT molecular complexity index is 820. The number of benzene rings is 2. The van der Waals surface area contributed by atoms with Crippen LogP contribution in [0.3, 0.4) is 0 Å². The molecule has 0 aromatic heterocycles. The van der Waals surface area contributed by atoms with E-state index in [1.807, 2.05) is 49.4 Å². The van der Waals surface area contributed by atoms with E-state index in [1.54, 1.807) is 6.07 Å². The molecule has 0 aliphatic carbocycles. The summed E-state index contributed by atoms with van der Waals surface area (Å²) in [5, 5.41) is 6.01. The van der Waals surface area contributed by atoms with Crippen molar-refractivity contribution >= 4 is 41.5 Å². The molecule has 1 amide bonds. The fourth-order valence-corrected chi connectivity index (χ4v) is 3.01. The fraction of sp³-hybridized carbons (Fsp3) is 0.333. The van der Waals surface area contributed by atoms with E-state index >= 15 is 0 Å². The van der Waals surface area contributed by atoms with Gasteiger partial charge in [0.15, 0.2) is 5.96 Å². The van der Waals surface area contributed by atoms with Crippen molar-refractivity contribution in [2.75, 3.05) is 18.5 Å². The highest BCUT2D eigenvalue weighted by molar-refractivity contribution is 14.0. The third kappa shape index (κ3) is 6.79. The van der Waals surface area contributed by atoms with Crippen LogP contribution in [-0.2, 0) is 11.3 Å². The Hall–Kier alpha value is -2.13. The molecular formula is C21H27IN4O2. The Morgan fingerprint density at radius 1 is 1.25 bits per heavy atom. The Balaban J connectivity index is 0.00000280. The van der Waals surface area contributed by atoms with Crippen molar-refractivity contribution in [3.8, 4) is 0 Å². The maximum Gasteiger partial charge on any atom is 0.251 e. The second-order valence-electron chi connectivity index (χ2n) is 6.74. The van der Waals surface area contributed by atoms with Crippen molar-refractivity contribution in [1.82, 2.24) is 5.32 Å². The van der Waals surface area contributed by atoms with Crippen LogP contribution >= 0.6 is 24.0 Å². The molecule has 1 fully saturated rings. The average Bonchev–Trinajstić information content (AvgIpc) is 3.18. The van der Waals surface area contributed by atoms with E-state index < -0.39 is 0 Å². The molecule has 2 aromatic carbocycles. The van der Waals surface area contributed by atoms with Crippen molar-refractivity contribution in [2.45, 2.75) is 32.4 Å². The SMILES string of the molecule is Cc1cccc(NC(N)=NCc2cccc(C(=O)NCC3CCCO3)c2)c1.I. The first-order valence-electron chi connectivity index (χ1n) is 9.22. The van der Waals surface area contributed by atoms with Crippen LogP contribution in [0, 0.1) is 6.92 Å². The number of carbonyl (C=O) groups is 1. The molecule has 7 heteroatoms. The molecule has 0 spiro atoms. The van der Waals surface area contributed by atoms with Crippen LogP contribution in [0.15, 0.2) is 53.5 Å². The zero-order valence-electron chi connectivity index (χ0n) is 16.0. The molecule has 1 aliphatic heterocycles. The molecule has 0 bridgehead atoms. The lowest BCUT2D eigenvalue weighted by Crippen LogP contribution is -2.31. The monoisotopic (exact) mass is 494 g/mol. The number of ether oxygens (including phenoxy) is 1. The minimum Gasteiger partial charge on any atom is -0.376 e. The predicted molar refractivity (Wildman–Crippen MR) is 123 cm³/mol. The van der Waals surface area contributed by atoms with Gasteiger partial charge < -0.3 is 21.1 Å². The molecule has 6 nitrogen and oxygen atoms in total. The Morgan fingerprint density at radius 2 is 2.07 bits per heavy atom. The van der Waals surface area contributed by atoms with E-state index in [9.17, 15) is 4.79 Å². The maximum atomic E-state index is 12.3. The summed E-state index contributed by atoms with van der Waals surface area (Å²) in [5.74, 6) is 0.246. The summed E-state index contributed by atoms with van der Waals surface area (Å²) in [6.07, 6.45) is 2.20. The quantitative estimate of drug-likeness (QED) is 0.326. The van der Waals surface area contributed by atoms with E-state index in [2.05, 4.69) is 15.6 Å². The molecule has 1 unspecified atom stereocenters. The zero-order chi connectivity index (χ0) is 19.1. The number of aryl methyl sites for hydroxylation is 1. The summed E-state index contributed by atoms with van der Waals surface area (Å²) >= 11 is 0. The lowest BCUT2D eigenvalue weighted by Gasteiger charge is -2.11. The van der Waals surface area contributed by atoms with Crippen LogP contribution < -0.4 is 16.4 Å². The molecule has 1 aliphatic rings. The highest BCUT2D eigenvalue weighted by Gasteiger charge is 2.16. The topological polar surface area (TPSA) is 88.7 Å². The van der Waals surface area contributed by atoms with Gasteiger partial charge in [-0.05, 0) is 55.2 Å². The Kier molecular flexibility index (Phi) is 8.72. The number of hydrogen-bond donors (Lipinski definition) is 3. The first-order chi connectivity index (χ1) is 13.1. The van der Waals surface area contributed by atoms with Gasteiger partial charge in [-0.25, -0.2) is 4.99 Å². The molecule has 3 rings (SSSR count). The number of rotatable bonds is 6. The van der Waals surface area contributed by atoms with E-state index in [0.717, 1.165) is 36.3 Å². The number of nitrogens with one attached hydrogen (secondary N) is 2. The number of aliphatic imine (C=N–C) groups is 1. The fourth-order valence-electron chi connectivity index (χ4n) is 3.01. The first kappa shape index (κ1) is 22.2. The number of anilines is 1. The van der Waals surface area contributed by atoms with E-state index in [1.165, 1.54) is 0 Å². The summed E-state index contributed by atoms with van der Waals surface area (Å²) in [6.45, 7) is 3.76. The van der Waals surface area contributed by atoms with Crippen LogP contribution in [0.25, 0.3) is 0 Å². The van der Waals surface area contributed by atoms with Crippen molar-refractivity contribution in [3.05, 3.63) is 65.2 Å². The number of halogens is 1. The third-order valence-electron chi connectivity index (χ3n) is 4.43. The molecule has 1 atom stereocenters. The molecule has 2 aromatic rings. The van der Waals surface area contributed by atoms with E-state index in [0.29, 0.717) is 24.6 Å². The average molecular weight is 494 g/mol. The summed E-state index contributed by atoms with van der Waals surface area (Å²) in [4.78, 5) is 16.7. The molecule has 1 heterocycles. The standard InChI is InChI=1S/C21H26N4O2.HI/c1-15-5-2-8-18(11-15)25-21(22)24-13-16-6-3-7-17(12-16)20(26)23-14-19-9-4-10-27-19;/h2-3,5-8,11-12,19H,4,9-10,13-14H2,1H3,(H,23,26)(H3,22,24,25);1H. The number of nitrogens with zero attached hydrogens (tertiary/aromatic N) is 1. The van der Waals surface area contributed by atoms with Crippen molar-refractivity contribution in [3.63, 3.8) is 0 Å². The van der Waals surface area contributed by atoms with Crippen molar-refractivity contribution in [1.29, 1.82) is 0 Å². The second kappa shape index (κ2) is 11.0. The Morgan fingerprint density at radius 3 is 2.82 bits per heavy atom. The van der Waals surface area contributed by atoms with Crippen molar-refractivity contribution < 1.29 is 9.53 Å². The number of carbonyl (C=O) groups excluding carboxylic acids is 1. The number of hydrogen-bond acceptors (Lipinski definition) is 3. The molecule has 1 saturated heterocycles. The van der Waals surface area contributed by atoms with Gasteiger partial charge in [0.25, 0.3) is 5.91 Å². The van der Waals surface area contributed by atoms with Gasteiger partial charge >= 0.3 is 0 Å². The smallest absolute Gasteiger partial charge is 0.251 e. The maximum absolute atomic E-state index is 12.3. The highest BCUT2D eigenvalue weighted by Crippen LogP contribution is 2.12. The van der Waals surface area contributed by atoms with E-state index in [-0.39, 0.29) is 36.0 Å². The third-order valence-corrected chi connectivity index (χ3v) is 4.43. The van der Waals surface area contributed by atoms with Gasteiger partial charge in [-0.1, -0.05) is 24.3 Å². The first-order valence-corrected chi connectivity index (χ1v) is 9.22. The summed E-state index contributed by atoms with van der Waals surface area (Å²) in [7, 11) is 0. The minimum atomic E-state index is -0.0952. The van der Waals surface area contributed by atoms with Crippen LogP contribution in [-0.4, -0.2) is 31.1 Å². The molecule has 0 saturated carbocycles. The van der Waals surface area contributed by atoms with Gasteiger partial charge in [-0.3, -0.25) is 4.79 Å². The van der Waals surface area contributed by atoms with Gasteiger partial charge in [0, 0.05) is 24.4 Å². The predicted octanol–water partition coefficient (Wildman–Crippen LogP) is 3.45. The molecule has 4 N–H and O–H groups in total. The molecule has 0 radical (unpaired) electrons. The van der Waals surface area contributed by atoms with Gasteiger partial charge in [-0.2, -0.15) is 0 Å². The normalized spacial score (nSPS) is 16.3. The summed E-state index contributed by atoms with van der Waals surface area (Å²) < 4.78 is 5.53. The van der Waals surface area contributed by atoms with Crippen molar-refractivity contribution in [2.24, 2.45) is 10.7 Å². The summed E-state index contributed by atoms with van der Waals surface area (Å²) in [5.41, 5.74) is 9.56. The lowest BCUT2D eigenvalue weighted by atomic mass is 10.1. The van der Waals surface area contributed by atoms with Gasteiger partial charge in [0.2, 0.25) is 0 Å². The van der Waals surface area contributed by atoms with Gasteiger partial charge in [0.1, 0.15) is 0 Å². The summed E-state index contributed by atoms with van der Waals surface area (Å²) in [6, 6.07) is 15.4. The van der Waals surface area contributed by atoms with Gasteiger partial charge in [0.05, 0.1) is 12.6 Å². The number of nitrogens with two attached hydrogens (primary N) is 1. The highest BCUT2D eigenvalue weighted by atomic mass is 127. The number of guanidine groups is 1. The largest absolute Gasteiger partial charge is 0.376 e. The van der Waals surface area contributed by atoms with Crippen LogP contribution in [0.4, 0.5) is 5.69 Å². The van der Waals surface area contributed by atoms with Crippen LogP contribution in [0.2, 0.25) is 0 Å². The van der Waals surface area contributed by atoms with Crippen LogP contribution in [0.5, 0.6) is 0 Å². The zero-order valence-corrected chi connectivity index (χ0v) is 18.3. The molecular weight excluding hydrogens is 467 g/mol.